The largest absolute Gasteiger partial charge is 0.377 e. The third-order valence-corrected chi connectivity index (χ3v) is 5.08. The number of fused-ring (bicyclic) bond motifs is 1. The van der Waals surface area contributed by atoms with Crippen LogP contribution in [0.5, 0.6) is 0 Å². The summed E-state index contributed by atoms with van der Waals surface area (Å²) >= 11 is 0. The molecular formula is C19H23N3O3. The second-order valence-corrected chi connectivity index (χ2v) is 6.77. The van der Waals surface area contributed by atoms with Crippen molar-refractivity contribution in [3.63, 3.8) is 0 Å². The number of carbonyl (C=O) groups is 1. The highest BCUT2D eigenvalue weighted by Crippen LogP contribution is 2.35. The number of amides is 1. The third-order valence-electron chi connectivity index (χ3n) is 5.08. The number of aromatic nitrogens is 1. The average Bonchev–Trinajstić information content (AvgIpc) is 3.25. The minimum absolute atomic E-state index is 0.0768. The van der Waals surface area contributed by atoms with Crippen molar-refractivity contribution in [2.45, 2.75) is 44.4 Å². The van der Waals surface area contributed by atoms with Crippen LogP contribution in [0.15, 0.2) is 40.9 Å². The molecule has 2 fully saturated rings. The quantitative estimate of drug-likeness (QED) is 0.926. The normalized spacial score (nSPS) is 24.7. The van der Waals surface area contributed by atoms with Crippen LogP contribution in [0, 0.1) is 6.92 Å². The minimum Gasteiger partial charge on any atom is -0.377 e. The number of piperidine rings is 1. The number of hydrogen-bond donors (Lipinski definition) is 1. The molecule has 0 radical (unpaired) electrons. The lowest BCUT2D eigenvalue weighted by molar-refractivity contribution is -0.124. The van der Waals surface area contributed by atoms with Crippen LogP contribution in [-0.4, -0.2) is 41.3 Å². The number of nitrogens with zero attached hydrogens (tertiary/aromatic N) is 2. The number of nitrogens with one attached hydrogen (secondary N) is 1. The fourth-order valence-electron chi connectivity index (χ4n) is 4.00. The summed E-state index contributed by atoms with van der Waals surface area (Å²) in [5.74, 6) is 1.06. The second-order valence-electron chi connectivity index (χ2n) is 6.77. The van der Waals surface area contributed by atoms with Gasteiger partial charge in [-0.25, -0.2) is 0 Å². The van der Waals surface area contributed by atoms with E-state index in [0.717, 1.165) is 38.0 Å². The molecule has 4 rings (SSSR count). The first-order valence-electron chi connectivity index (χ1n) is 8.89. The predicted octanol–water partition coefficient (Wildman–Crippen LogP) is 2.92. The van der Waals surface area contributed by atoms with Gasteiger partial charge in [-0.2, -0.15) is 0 Å². The van der Waals surface area contributed by atoms with E-state index in [1.807, 2.05) is 37.3 Å². The molecule has 2 aromatic rings. The van der Waals surface area contributed by atoms with E-state index in [4.69, 9.17) is 9.26 Å². The number of likely N-dealkylation sites (tertiary alicyclic amines) is 1. The number of aryl methyl sites for hydroxylation is 1. The molecule has 1 aromatic heterocycles. The predicted molar refractivity (Wildman–Crippen MR) is 93.1 cm³/mol. The Labute approximate surface area is 147 Å². The highest BCUT2D eigenvalue weighted by molar-refractivity contribution is 5.94. The topological polar surface area (TPSA) is 67.6 Å². The highest BCUT2D eigenvalue weighted by atomic mass is 16.5. The Hall–Kier alpha value is -2.18. The molecule has 3 heterocycles. The molecule has 132 valence electrons. The lowest BCUT2D eigenvalue weighted by Gasteiger charge is -2.41. The van der Waals surface area contributed by atoms with Gasteiger partial charge in [0.05, 0.1) is 6.10 Å². The first kappa shape index (κ1) is 16.3. The van der Waals surface area contributed by atoms with Crippen LogP contribution in [0.1, 0.15) is 36.6 Å². The van der Waals surface area contributed by atoms with Crippen molar-refractivity contribution in [1.29, 1.82) is 0 Å². The fraction of sp³-hybridized carbons (Fsp3) is 0.474. The van der Waals surface area contributed by atoms with Crippen molar-refractivity contribution in [1.82, 2.24) is 10.1 Å². The van der Waals surface area contributed by atoms with Gasteiger partial charge in [-0.05, 0) is 38.3 Å². The van der Waals surface area contributed by atoms with Gasteiger partial charge in [-0.15, -0.1) is 0 Å². The molecule has 6 nitrogen and oxygen atoms in total. The molecule has 0 bridgehead atoms. The number of rotatable bonds is 4. The maximum atomic E-state index is 13.1. The molecule has 1 N–H and O–H groups in total. The first-order chi connectivity index (χ1) is 12.2. The zero-order chi connectivity index (χ0) is 17.2. The molecule has 0 saturated carbocycles. The van der Waals surface area contributed by atoms with E-state index in [-0.39, 0.29) is 18.1 Å². The zero-order valence-corrected chi connectivity index (χ0v) is 14.4. The summed E-state index contributed by atoms with van der Waals surface area (Å²) in [6, 6.07) is 11.6. The maximum absolute atomic E-state index is 13.1. The Balaban J connectivity index is 1.63. The summed E-state index contributed by atoms with van der Waals surface area (Å²) in [7, 11) is 0. The third kappa shape index (κ3) is 3.32. The zero-order valence-electron chi connectivity index (χ0n) is 14.4. The lowest BCUT2D eigenvalue weighted by Crippen LogP contribution is -2.50. The number of anilines is 1. The van der Waals surface area contributed by atoms with Crippen LogP contribution in [0.25, 0.3) is 0 Å². The molecule has 1 aromatic carbocycles. The van der Waals surface area contributed by atoms with Gasteiger partial charge in [-0.3, -0.25) is 9.69 Å². The Morgan fingerprint density at radius 2 is 2.16 bits per heavy atom. The molecule has 0 aliphatic carbocycles. The number of benzene rings is 1. The molecule has 2 aliphatic rings. The summed E-state index contributed by atoms with van der Waals surface area (Å²) in [6.07, 6.45) is 3.33. The van der Waals surface area contributed by atoms with Crippen LogP contribution in [0.3, 0.4) is 0 Å². The summed E-state index contributed by atoms with van der Waals surface area (Å²) < 4.78 is 10.9. The van der Waals surface area contributed by atoms with Gasteiger partial charge < -0.3 is 14.6 Å². The fourth-order valence-corrected chi connectivity index (χ4v) is 4.00. The molecule has 3 atom stereocenters. The summed E-state index contributed by atoms with van der Waals surface area (Å²) in [4.78, 5) is 15.4. The van der Waals surface area contributed by atoms with E-state index in [0.29, 0.717) is 17.6 Å². The Morgan fingerprint density at radius 1 is 1.32 bits per heavy atom. The second kappa shape index (κ2) is 6.98. The molecule has 2 aliphatic heterocycles. The van der Waals surface area contributed by atoms with E-state index in [2.05, 4.69) is 15.4 Å². The van der Waals surface area contributed by atoms with E-state index >= 15 is 0 Å². The van der Waals surface area contributed by atoms with Crippen LogP contribution in [-0.2, 0) is 9.53 Å². The highest BCUT2D eigenvalue weighted by Gasteiger charge is 2.42. The number of carbonyl (C=O) groups excluding carboxylic acids is 1. The first-order valence-corrected chi connectivity index (χ1v) is 8.89. The van der Waals surface area contributed by atoms with Gasteiger partial charge in [-0.1, -0.05) is 35.5 Å². The maximum Gasteiger partial charge on any atom is 0.247 e. The summed E-state index contributed by atoms with van der Waals surface area (Å²) in [5.41, 5.74) is 0.993. The number of hydrogen-bond acceptors (Lipinski definition) is 5. The van der Waals surface area contributed by atoms with Gasteiger partial charge in [0.2, 0.25) is 5.91 Å². The van der Waals surface area contributed by atoms with E-state index in [9.17, 15) is 4.79 Å². The van der Waals surface area contributed by atoms with Crippen LogP contribution >= 0.6 is 0 Å². The van der Waals surface area contributed by atoms with E-state index in [1.54, 1.807) is 6.07 Å². The molecule has 1 amide bonds. The lowest BCUT2D eigenvalue weighted by atomic mass is 9.93. The van der Waals surface area contributed by atoms with Crippen molar-refractivity contribution in [3.8, 4) is 0 Å². The smallest absolute Gasteiger partial charge is 0.247 e. The molecule has 1 unspecified atom stereocenters. The monoisotopic (exact) mass is 341 g/mol. The average molecular weight is 341 g/mol. The van der Waals surface area contributed by atoms with Crippen LogP contribution in [0.4, 0.5) is 5.82 Å². The number of ether oxygens (including phenoxy) is 1. The molecule has 25 heavy (non-hydrogen) atoms. The molecule has 2 saturated heterocycles. The van der Waals surface area contributed by atoms with E-state index in [1.165, 1.54) is 0 Å². The molecular weight excluding hydrogens is 318 g/mol. The standard InChI is InChI=1S/C19H23N3O3/c1-13-12-17(21-25-13)20-19(23)18(14-6-3-2-4-7-14)22-10-5-8-16-15(22)9-11-24-16/h2-4,6-7,12,15-16,18H,5,8-11H2,1H3,(H,20,21,23)/t15-,16-,18?/m0/s1. The van der Waals surface area contributed by atoms with Crippen molar-refractivity contribution < 1.29 is 14.1 Å². The van der Waals surface area contributed by atoms with Gasteiger partial charge in [0.25, 0.3) is 0 Å². The van der Waals surface area contributed by atoms with Crippen LogP contribution in [0.2, 0.25) is 0 Å². The summed E-state index contributed by atoms with van der Waals surface area (Å²) in [5, 5.41) is 6.81. The van der Waals surface area contributed by atoms with E-state index < -0.39 is 0 Å². The van der Waals surface area contributed by atoms with Gasteiger partial charge in [0.15, 0.2) is 5.82 Å². The Bertz CT molecular complexity index is 731. The van der Waals surface area contributed by atoms with Gasteiger partial charge in [0, 0.05) is 18.7 Å². The Morgan fingerprint density at radius 3 is 2.92 bits per heavy atom. The van der Waals surface area contributed by atoms with Crippen molar-refractivity contribution in [3.05, 3.63) is 47.7 Å². The minimum atomic E-state index is -0.354. The van der Waals surface area contributed by atoms with Gasteiger partial charge in [0.1, 0.15) is 11.8 Å². The molecule has 6 heteroatoms. The van der Waals surface area contributed by atoms with Crippen molar-refractivity contribution in [2.75, 3.05) is 18.5 Å². The summed E-state index contributed by atoms with van der Waals surface area (Å²) in [6.45, 7) is 3.48. The van der Waals surface area contributed by atoms with Crippen molar-refractivity contribution in [2.24, 2.45) is 0 Å². The van der Waals surface area contributed by atoms with Crippen LogP contribution < -0.4 is 5.32 Å². The molecule has 0 spiro atoms. The SMILES string of the molecule is Cc1cc(NC(=O)C(c2ccccc2)N2CCC[C@@H]3OCC[C@@H]32)no1. The van der Waals surface area contributed by atoms with Gasteiger partial charge >= 0.3 is 0 Å². The Kier molecular flexibility index (Phi) is 4.55. The van der Waals surface area contributed by atoms with Crippen molar-refractivity contribution >= 4 is 11.7 Å².